The summed E-state index contributed by atoms with van der Waals surface area (Å²) in [4.78, 5) is 14.2. The summed E-state index contributed by atoms with van der Waals surface area (Å²) >= 11 is 0. The highest BCUT2D eigenvalue weighted by atomic mass is 16.2. The Morgan fingerprint density at radius 3 is 2.81 bits per heavy atom. The fourth-order valence-electron chi connectivity index (χ4n) is 3.25. The lowest BCUT2D eigenvalue weighted by Gasteiger charge is -2.35. The van der Waals surface area contributed by atoms with E-state index in [1.807, 2.05) is 7.05 Å². The molecule has 0 aromatic rings. The molecule has 1 N–H and O–H groups in total. The third kappa shape index (κ3) is 2.24. The molecule has 1 aliphatic heterocycles. The van der Waals surface area contributed by atoms with E-state index in [9.17, 15) is 4.79 Å². The van der Waals surface area contributed by atoms with Crippen LogP contribution in [-0.2, 0) is 4.79 Å². The largest absolute Gasteiger partial charge is 0.338 e. The number of carbonyl (C=O) groups is 1. The molecule has 0 aromatic heterocycles. The van der Waals surface area contributed by atoms with Crippen molar-refractivity contribution in [3.63, 3.8) is 0 Å². The SMILES string of the molecule is CCC1CCCC(N2CCC(NC)C2=O)C1. The fraction of sp³-hybridized carbons (Fsp3) is 0.923. The van der Waals surface area contributed by atoms with Crippen LogP contribution in [0.2, 0.25) is 0 Å². The zero-order valence-corrected chi connectivity index (χ0v) is 10.5. The number of hydrogen-bond donors (Lipinski definition) is 1. The monoisotopic (exact) mass is 224 g/mol. The van der Waals surface area contributed by atoms with E-state index >= 15 is 0 Å². The zero-order chi connectivity index (χ0) is 11.5. The van der Waals surface area contributed by atoms with Gasteiger partial charge in [-0.25, -0.2) is 0 Å². The highest BCUT2D eigenvalue weighted by molar-refractivity contribution is 5.84. The number of likely N-dealkylation sites (N-methyl/N-ethyl adjacent to an activating group) is 1. The van der Waals surface area contributed by atoms with Crippen LogP contribution in [0.15, 0.2) is 0 Å². The Kier molecular flexibility index (Phi) is 3.85. The molecule has 2 rings (SSSR count). The van der Waals surface area contributed by atoms with Crippen LogP contribution in [0.3, 0.4) is 0 Å². The molecule has 92 valence electrons. The first-order valence-electron chi connectivity index (χ1n) is 6.74. The second kappa shape index (κ2) is 5.17. The molecule has 0 spiro atoms. The molecule has 3 atom stereocenters. The van der Waals surface area contributed by atoms with Crippen molar-refractivity contribution >= 4 is 5.91 Å². The predicted molar refractivity (Wildman–Crippen MR) is 65.2 cm³/mol. The summed E-state index contributed by atoms with van der Waals surface area (Å²) in [5, 5.41) is 3.12. The normalized spacial score (nSPS) is 35.8. The van der Waals surface area contributed by atoms with E-state index in [0.717, 1.165) is 18.9 Å². The molecule has 2 aliphatic rings. The quantitative estimate of drug-likeness (QED) is 0.792. The molecule has 1 aliphatic carbocycles. The van der Waals surface area contributed by atoms with Gasteiger partial charge in [-0.1, -0.05) is 26.2 Å². The Bertz CT molecular complexity index is 254. The van der Waals surface area contributed by atoms with E-state index in [2.05, 4.69) is 17.1 Å². The van der Waals surface area contributed by atoms with Gasteiger partial charge in [0.2, 0.25) is 5.91 Å². The van der Waals surface area contributed by atoms with Crippen LogP contribution < -0.4 is 5.32 Å². The zero-order valence-electron chi connectivity index (χ0n) is 10.5. The molecule has 1 amide bonds. The predicted octanol–water partition coefficient (Wildman–Crippen LogP) is 1.78. The summed E-state index contributed by atoms with van der Waals surface area (Å²) in [6.07, 6.45) is 7.38. The van der Waals surface area contributed by atoms with Crippen LogP contribution in [0.25, 0.3) is 0 Å². The second-order valence-electron chi connectivity index (χ2n) is 5.26. The van der Waals surface area contributed by atoms with E-state index in [1.165, 1.54) is 32.1 Å². The van der Waals surface area contributed by atoms with Crippen LogP contribution >= 0.6 is 0 Å². The number of rotatable bonds is 3. The summed E-state index contributed by atoms with van der Waals surface area (Å²) in [5.74, 6) is 1.18. The van der Waals surface area contributed by atoms with Crippen LogP contribution in [0.5, 0.6) is 0 Å². The van der Waals surface area contributed by atoms with Crippen molar-refractivity contribution in [3.05, 3.63) is 0 Å². The molecule has 0 aromatic carbocycles. The minimum atomic E-state index is 0.0852. The Labute approximate surface area is 98.6 Å². The van der Waals surface area contributed by atoms with E-state index < -0.39 is 0 Å². The van der Waals surface area contributed by atoms with Gasteiger partial charge in [0.25, 0.3) is 0 Å². The Morgan fingerprint density at radius 1 is 1.38 bits per heavy atom. The molecule has 1 heterocycles. The third-order valence-corrected chi connectivity index (χ3v) is 4.36. The van der Waals surface area contributed by atoms with Gasteiger partial charge in [-0.15, -0.1) is 0 Å². The lowest BCUT2D eigenvalue weighted by molar-refractivity contribution is -0.132. The Hall–Kier alpha value is -0.570. The minimum Gasteiger partial charge on any atom is -0.338 e. The van der Waals surface area contributed by atoms with Gasteiger partial charge in [0, 0.05) is 12.6 Å². The molecular weight excluding hydrogens is 200 g/mol. The molecule has 3 unspecified atom stereocenters. The number of nitrogens with one attached hydrogen (secondary N) is 1. The fourth-order valence-corrected chi connectivity index (χ4v) is 3.25. The molecule has 0 bridgehead atoms. The molecular formula is C13H24N2O. The highest BCUT2D eigenvalue weighted by Gasteiger charge is 2.36. The van der Waals surface area contributed by atoms with E-state index in [1.54, 1.807) is 0 Å². The van der Waals surface area contributed by atoms with Gasteiger partial charge in [0.05, 0.1) is 6.04 Å². The van der Waals surface area contributed by atoms with Gasteiger partial charge in [0.1, 0.15) is 0 Å². The average molecular weight is 224 g/mol. The lowest BCUT2D eigenvalue weighted by Crippen LogP contribution is -2.43. The van der Waals surface area contributed by atoms with Crippen molar-refractivity contribution in [3.8, 4) is 0 Å². The van der Waals surface area contributed by atoms with Crippen LogP contribution in [0.1, 0.15) is 45.4 Å². The molecule has 0 radical (unpaired) electrons. The van der Waals surface area contributed by atoms with Crippen molar-refractivity contribution in [2.24, 2.45) is 5.92 Å². The standard InChI is InChI=1S/C13H24N2O/c1-3-10-5-4-6-11(9-10)15-8-7-12(14-2)13(15)16/h10-12,14H,3-9H2,1-2H3. The van der Waals surface area contributed by atoms with Crippen molar-refractivity contribution in [1.29, 1.82) is 0 Å². The number of carbonyl (C=O) groups excluding carboxylic acids is 1. The number of amides is 1. The Balaban J connectivity index is 1.95. The van der Waals surface area contributed by atoms with Crippen LogP contribution in [-0.4, -0.2) is 36.5 Å². The second-order valence-corrected chi connectivity index (χ2v) is 5.26. The van der Waals surface area contributed by atoms with Gasteiger partial charge in [-0.2, -0.15) is 0 Å². The first-order chi connectivity index (χ1) is 7.76. The summed E-state index contributed by atoms with van der Waals surface area (Å²) in [6.45, 7) is 3.24. The number of hydrogen-bond acceptors (Lipinski definition) is 2. The first-order valence-corrected chi connectivity index (χ1v) is 6.74. The molecule has 2 fully saturated rings. The van der Waals surface area contributed by atoms with Crippen molar-refractivity contribution < 1.29 is 4.79 Å². The number of nitrogens with zero attached hydrogens (tertiary/aromatic N) is 1. The minimum absolute atomic E-state index is 0.0852. The molecule has 16 heavy (non-hydrogen) atoms. The maximum Gasteiger partial charge on any atom is 0.240 e. The average Bonchev–Trinajstić information content (AvgIpc) is 2.70. The van der Waals surface area contributed by atoms with Gasteiger partial charge >= 0.3 is 0 Å². The molecule has 3 nitrogen and oxygen atoms in total. The maximum absolute atomic E-state index is 12.1. The van der Waals surface area contributed by atoms with Crippen LogP contribution in [0, 0.1) is 5.92 Å². The topological polar surface area (TPSA) is 32.3 Å². The summed E-state index contributed by atoms with van der Waals surface area (Å²) in [6, 6.07) is 0.617. The highest BCUT2D eigenvalue weighted by Crippen LogP contribution is 2.31. The van der Waals surface area contributed by atoms with Crippen molar-refractivity contribution in [1.82, 2.24) is 10.2 Å². The van der Waals surface area contributed by atoms with Gasteiger partial charge in [0.15, 0.2) is 0 Å². The molecule has 3 heteroatoms. The summed E-state index contributed by atoms with van der Waals surface area (Å²) in [7, 11) is 1.89. The van der Waals surface area contributed by atoms with Gasteiger partial charge < -0.3 is 10.2 Å². The van der Waals surface area contributed by atoms with Gasteiger partial charge in [-0.3, -0.25) is 4.79 Å². The van der Waals surface area contributed by atoms with E-state index in [4.69, 9.17) is 0 Å². The van der Waals surface area contributed by atoms with Gasteiger partial charge in [-0.05, 0) is 32.2 Å². The molecule has 1 saturated carbocycles. The smallest absolute Gasteiger partial charge is 0.240 e. The van der Waals surface area contributed by atoms with Crippen molar-refractivity contribution in [2.75, 3.05) is 13.6 Å². The summed E-state index contributed by atoms with van der Waals surface area (Å²) < 4.78 is 0. The third-order valence-electron chi connectivity index (χ3n) is 4.36. The van der Waals surface area contributed by atoms with E-state index in [0.29, 0.717) is 11.9 Å². The molecule has 1 saturated heterocycles. The number of likely N-dealkylation sites (tertiary alicyclic amines) is 1. The van der Waals surface area contributed by atoms with Crippen molar-refractivity contribution in [2.45, 2.75) is 57.5 Å². The van der Waals surface area contributed by atoms with E-state index in [-0.39, 0.29) is 6.04 Å². The Morgan fingerprint density at radius 2 is 2.19 bits per heavy atom. The summed E-state index contributed by atoms with van der Waals surface area (Å²) in [5.41, 5.74) is 0. The lowest BCUT2D eigenvalue weighted by atomic mass is 9.83. The van der Waals surface area contributed by atoms with Crippen LogP contribution in [0.4, 0.5) is 0 Å². The maximum atomic E-state index is 12.1. The first kappa shape index (κ1) is 11.9.